The van der Waals surface area contributed by atoms with E-state index in [1.807, 2.05) is 72.8 Å². The Morgan fingerprint density at radius 3 is 2.44 bits per heavy atom. The third-order valence-electron chi connectivity index (χ3n) is 3.97. The van der Waals surface area contributed by atoms with Gasteiger partial charge in [0.1, 0.15) is 0 Å². The van der Waals surface area contributed by atoms with Crippen LogP contribution in [0.25, 0.3) is 22.3 Å². The number of nitrogens with zero attached hydrogens (tertiary/aromatic N) is 3. The van der Waals surface area contributed by atoms with E-state index in [2.05, 4.69) is 36.4 Å². The molecule has 0 bridgehead atoms. The van der Waals surface area contributed by atoms with E-state index in [1.54, 1.807) is 6.21 Å². The van der Waals surface area contributed by atoms with Crippen LogP contribution >= 0.6 is 27.5 Å². The topological polar surface area (TPSA) is 50.2 Å². The summed E-state index contributed by atoms with van der Waals surface area (Å²) in [6.45, 7) is 0. The van der Waals surface area contributed by atoms with Gasteiger partial charge in [0.2, 0.25) is 0 Å². The van der Waals surface area contributed by atoms with E-state index < -0.39 is 0 Å². The molecular weight excluding hydrogens is 424 g/mol. The number of hydrogen-bond donors (Lipinski definition) is 1. The maximum atomic E-state index is 6.33. The molecule has 4 aromatic rings. The van der Waals surface area contributed by atoms with Crippen molar-refractivity contribution in [2.75, 3.05) is 5.43 Å². The lowest BCUT2D eigenvalue weighted by Gasteiger charge is -2.09. The second-order valence-corrected chi connectivity index (χ2v) is 7.14. The molecule has 4 nitrogen and oxygen atoms in total. The number of hydrogen-bond acceptors (Lipinski definition) is 4. The molecule has 1 N–H and O–H groups in total. The van der Waals surface area contributed by atoms with Crippen LogP contribution < -0.4 is 5.43 Å². The predicted molar refractivity (Wildman–Crippen MR) is 115 cm³/mol. The Kier molecular flexibility index (Phi) is 5.14. The Hall–Kier alpha value is -2.76. The zero-order valence-electron chi connectivity index (χ0n) is 14.1. The van der Waals surface area contributed by atoms with Gasteiger partial charge < -0.3 is 0 Å². The average molecular weight is 438 g/mol. The van der Waals surface area contributed by atoms with Crippen molar-refractivity contribution < 1.29 is 0 Å². The Bertz CT molecular complexity index is 1130. The van der Waals surface area contributed by atoms with Gasteiger partial charge in [0.05, 0.1) is 16.8 Å². The first-order chi connectivity index (χ1) is 13.2. The molecule has 3 aromatic carbocycles. The van der Waals surface area contributed by atoms with E-state index in [0.29, 0.717) is 16.7 Å². The maximum absolute atomic E-state index is 6.33. The van der Waals surface area contributed by atoms with Crippen LogP contribution in [0.4, 0.5) is 5.82 Å². The van der Waals surface area contributed by atoms with E-state index in [9.17, 15) is 0 Å². The smallest absolute Gasteiger partial charge is 0.163 e. The molecule has 6 heteroatoms. The van der Waals surface area contributed by atoms with Crippen LogP contribution in [0.1, 0.15) is 5.56 Å². The van der Waals surface area contributed by atoms with Gasteiger partial charge in [0, 0.05) is 15.4 Å². The molecule has 0 aliphatic rings. The van der Waals surface area contributed by atoms with Crippen LogP contribution in [0.2, 0.25) is 5.02 Å². The first-order valence-electron chi connectivity index (χ1n) is 8.27. The van der Waals surface area contributed by atoms with E-state index in [1.165, 1.54) is 0 Å². The lowest BCUT2D eigenvalue weighted by molar-refractivity contribution is 1.19. The summed E-state index contributed by atoms with van der Waals surface area (Å²) in [5.41, 5.74) is 5.63. The molecule has 0 fully saturated rings. The highest BCUT2D eigenvalue weighted by Gasteiger charge is 2.11. The second kappa shape index (κ2) is 7.86. The maximum Gasteiger partial charge on any atom is 0.163 e. The molecule has 0 atom stereocenters. The molecule has 27 heavy (non-hydrogen) atoms. The van der Waals surface area contributed by atoms with Crippen molar-refractivity contribution in [1.82, 2.24) is 9.97 Å². The van der Waals surface area contributed by atoms with Crippen LogP contribution in [-0.2, 0) is 0 Å². The number of fused-ring (bicyclic) bond motifs is 1. The third-order valence-corrected chi connectivity index (χ3v) is 4.83. The van der Waals surface area contributed by atoms with Crippen molar-refractivity contribution in [2.24, 2.45) is 5.10 Å². The summed E-state index contributed by atoms with van der Waals surface area (Å²) in [4.78, 5) is 9.30. The molecule has 4 rings (SSSR count). The molecule has 0 radical (unpaired) electrons. The molecule has 0 aliphatic carbocycles. The number of anilines is 1. The fourth-order valence-corrected chi connectivity index (χ4v) is 3.13. The molecule has 1 heterocycles. The normalized spacial score (nSPS) is 11.2. The fraction of sp³-hybridized carbons (Fsp3) is 0. The summed E-state index contributed by atoms with van der Waals surface area (Å²) in [6.07, 6.45) is 1.75. The lowest BCUT2D eigenvalue weighted by atomic mass is 10.2. The molecule has 0 aliphatic heterocycles. The van der Waals surface area contributed by atoms with E-state index in [4.69, 9.17) is 11.6 Å². The fourth-order valence-electron chi connectivity index (χ4n) is 2.64. The molecule has 0 amide bonds. The van der Waals surface area contributed by atoms with Gasteiger partial charge in [-0.25, -0.2) is 9.97 Å². The molecule has 1 aromatic heterocycles. The number of hydrazone groups is 1. The quantitative estimate of drug-likeness (QED) is 0.307. The number of para-hydroxylation sites is 1. The molecular formula is C21H14BrClN4. The Labute approximate surface area is 170 Å². The Morgan fingerprint density at radius 2 is 1.63 bits per heavy atom. The summed E-state index contributed by atoms with van der Waals surface area (Å²) < 4.78 is 1.03. The number of aromatic nitrogens is 2. The largest absolute Gasteiger partial charge is 0.261 e. The number of benzene rings is 3. The average Bonchev–Trinajstić information content (AvgIpc) is 2.69. The van der Waals surface area contributed by atoms with Gasteiger partial charge in [-0.05, 0) is 42.0 Å². The van der Waals surface area contributed by atoms with Gasteiger partial charge in [-0.2, -0.15) is 5.10 Å². The van der Waals surface area contributed by atoms with Crippen molar-refractivity contribution in [3.63, 3.8) is 0 Å². The Morgan fingerprint density at radius 1 is 0.889 bits per heavy atom. The van der Waals surface area contributed by atoms with Gasteiger partial charge in [-0.15, -0.1) is 0 Å². The summed E-state index contributed by atoms with van der Waals surface area (Å²) in [5, 5.41) is 5.83. The molecule has 0 unspecified atom stereocenters. The van der Waals surface area contributed by atoms with Crippen molar-refractivity contribution in [2.45, 2.75) is 0 Å². The van der Waals surface area contributed by atoms with Crippen molar-refractivity contribution in [1.29, 1.82) is 0 Å². The van der Waals surface area contributed by atoms with Crippen LogP contribution in [0.5, 0.6) is 0 Å². The van der Waals surface area contributed by atoms with Gasteiger partial charge in [0.15, 0.2) is 11.6 Å². The number of rotatable bonds is 4. The molecule has 0 saturated heterocycles. The standard InChI is InChI=1S/C21H14BrClN4/c22-15-11-9-14(10-12-15)13-24-27-21-17-6-2-4-8-19(17)25-20(26-21)16-5-1-3-7-18(16)23/h1-13H,(H,25,26,27)/b24-13-. The van der Waals surface area contributed by atoms with Crippen molar-refractivity contribution in [3.8, 4) is 11.4 Å². The highest BCUT2D eigenvalue weighted by atomic mass is 79.9. The molecule has 0 saturated carbocycles. The van der Waals surface area contributed by atoms with Crippen LogP contribution in [-0.4, -0.2) is 16.2 Å². The van der Waals surface area contributed by atoms with Gasteiger partial charge in [-0.1, -0.05) is 63.9 Å². The summed E-state index contributed by atoms with van der Waals surface area (Å²) in [7, 11) is 0. The first-order valence-corrected chi connectivity index (χ1v) is 9.44. The van der Waals surface area contributed by atoms with Crippen molar-refractivity contribution >= 4 is 50.5 Å². The number of nitrogens with one attached hydrogen (secondary N) is 1. The van der Waals surface area contributed by atoms with Crippen LogP contribution in [0.15, 0.2) is 82.4 Å². The summed E-state index contributed by atoms with van der Waals surface area (Å²) >= 11 is 9.75. The molecule has 132 valence electrons. The monoisotopic (exact) mass is 436 g/mol. The highest BCUT2D eigenvalue weighted by Crippen LogP contribution is 2.29. The predicted octanol–water partition coefficient (Wildman–Crippen LogP) is 6.16. The third kappa shape index (κ3) is 3.99. The van der Waals surface area contributed by atoms with Gasteiger partial charge >= 0.3 is 0 Å². The molecule has 0 spiro atoms. The zero-order valence-corrected chi connectivity index (χ0v) is 16.4. The van der Waals surface area contributed by atoms with E-state index in [0.717, 1.165) is 26.5 Å². The zero-order chi connectivity index (χ0) is 18.6. The van der Waals surface area contributed by atoms with Crippen molar-refractivity contribution in [3.05, 3.63) is 87.9 Å². The van der Waals surface area contributed by atoms with Crippen LogP contribution in [0, 0.1) is 0 Å². The highest BCUT2D eigenvalue weighted by molar-refractivity contribution is 9.10. The second-order valence-electron chi connectivity index (χ2n) is 5.81. The van der Waals surface area contributed by atoms with Gasteiger partial charge in [-0.3, -0.25) is 5.43 Å². The number of halogens is 2. The minimum atomic E-state index is 0.556. The van der Waals surface area contributed by atoms with E-state index in [-0.39, 0.29) is 0 Å². The summed E-state index contributed by atoms with van der Waals surface area (Å²) in [6, 6.07) is 23.2. The van der Waals surface area contributed by atoms with Gasteiger partial charge in [0.25, 0.3) is 0 Å². The SMILES string of the molecule is Clc1ccccc1-c1nc(N/N=C\c2ccc(Br)cc2)c2ccccc2n1. The first kappa shape index (κ1) is 17.6. The Balaban J connectivity index is 1.72. The summed E-state index contributed by atoms with van der Waals surface area (Å²) in [5.74, 6) is 1.18. The lowest BCUT2D eigenvalue weighted by Crippen LogP contribution is -1.99. The van der Waals surface area contributed by atoms with Crippen LogP contribution in [0.3, 0.4) is 0 Å². The minimum Gasteiger partial charge on any atom is -0.261 e. The minimum absolute atomic E-state index is 0.556. The van der Waals surface area contributed by atoms with E-state index >= 15 is 0 Å².